The number of aliphatic hydroxyl groups is 1. The number of hydrogen-bond acceptors (Lipinski definition) is 3. The average molecular weight is 187 g/mol. The minimum Gasteiger partial charge on any atom is -0.478 e. The zero-order chi connectivity index (χ0) is 10.3. The van der Waals surface area contributed by atoms with Crippen LogP contribution in [-0.4, -0.2) is 35.4 Å². The van der Waals surface area contributed by atoms with E-state index in [-0.39, 0.29) is 12.6 Å². The molecule has 3 N–H and O–H groups in total. The van der Waals surface area contributed by atoms with E-state index in [0.717, 1.165) is 6.08 Å². The van der Waals surface area contributed by atoms with Crippen LogP contribution < -0.4 is 5.32 Å². The van der Waals surface area contributed by atoms with Gasteiger partial charge in [0.25, 0.3) is 0 Å². The molecule has 0 saturated heterocycles. The van der Waals surface area contributed by atoms with Crippen LogP contribution in [0, 0.1) is 5.92 Å². The van der Waals surface area contributed by atoms with Crippen LogP contribution in [0.5, 0.6) is 0 Å². The van der Waals surface area contributed by atoms with E-state index in [1.807, 2.05) is 13.8 Å². The van der Waals surface area contributed by atoms with Crippen LogP contribution in [0.25, 0.3) is 0 Å². The summed E-state index contributed by atoms with van der Waals surface area (Å²) in [6.07, 6.45) is 2.61. The Morgan fingerprint density at radius 1 is 1.54 bits per heavy atom. The molecule has 0 amide bonds. The van der Waals surface area contributed by atoms with Gasteiger partial charge in [-0.2, -0.15) is 0 Å². The molecular weight excluding hydrogens is 170 g/mol. The summed E-state index contributed by atoms with van der Waals surface area (Å²) >= 11 is 0. The fourth-order valence-electron chi connectivity index (χ4n) is 0.890. The number of carboxylic acid groups (broad SMARTS) is 1. The molecule has 0 fully saturated rings. The van der Waals surface area contributed by atoms with E-state index in [1.54, 1.807) is 0 Å². The van der Waals surface area contributed by atoms with Crippen LogP contribution in [0.2, 0.25) is 0 Å². The Labute approximate surface area is 78.3 Å². The maximum atomic E-state index is 10.1. The summed E-state index contributed by atoms with van der Waals surface area (Å²) in [5, 5.41) is 20.2. The van der Waals surface area contributed by atoms with Crippen LogP contribution in [0.4, 0.5) is 0 Å². The molecule has 0 spiro atoms. The summed E-state index contributed by atoms with van der Waals surface area (Å²) in [4.78, 5) is 10.1. The van der Waals surface area contributed by atoms with Crippen molar-refractivity contribution in [1.82, 2.24) is 5.32 Å². The molecule has 1 atom stereocenters. The third kappa shape index (κ3) is 6.31. The van der Waals surface area contributed by atoms with E-state index in [4.69, 9.17) is 10.2 Å². The molecule has 13 heavy (non-hydrogen) atoms. The van der Waals surface area contributed by atoms with E-state index in [0.29, 0.717) is 12.5 Å². The van der Waals surface area contributed by atoms with Crippen molar-refractivity contribution in [3.8, 4) is 0 Å². The molecule has 4 nitrogen and oxygen atoms in total. The molecule has 1 unspecified atom stereocenters. The Morgan fingerprint density at radius 3 is 2.54 bits per heavy atom. The quantitative estimate of drug-likeness (QED) is 0.521. The highest BCUT2D eigenvalue weighted by atomic mass is 16.4. The fourth-order valence-corrected chi connectivity index (χ4v) is 0.890. The van der Waals surface area contributed by atoms with E-state index in [2.05, 4.69) is 5.32 Å². The Morgan fingerprint density at radius 2 is 2.15 bits per heavy atom. The molecule has 0 radical (unpaired) electrons. The van der Waals surface area contributed by atoms with Gasteiger partial charge in [-0.1, -0.05) is 19.9 Å². The smallest absolute Gasteiger partial charge is 0.328 e. The molecule has 4 heteroatoms. The first-order valence-corrected chi connectivity index (χ1v) is 4.31. The molecule has 76 valence electrons. The fraction of sp³-hybridized carbons (Fsp3) is 0.667. The van der Waals surface area contributed by atoms with Crippen molar-refractivity contribution in [1.29, 1.82) is 0 Å². The minimum atomic E-state index is -0.952. The summed E-state index contributed by atoms with van der Waals surface area (Å²) in [7, 11) is 0. The molecule has 0 rings (SSSR count). The van der Waals surface area contributed by atoms with Crippen molar-refractivity contribution in [2.24, 2.45) is 5.92 Å². The minimum absolute atomic E-state index is 0.0263. The topological polar surface area (TPSA) is 69.6 Å². The Hall–Kier alpha value is -0.870. The van der Waals surface area contributed by atoms with Gasteiger partial charge < -0.3 is 15.5 Å². The summed E-state index contributed by atoms with van der Waals surface area (Å²) < 4.78 is 0. The number of hydrogen-bond donors (Lipinski definition) is 3. The number of nitrogens with one attached hydrogen (secondary N) is 1. The van der Waals surface area contributed by atoms with E-state index < -0.39 is 5.97 Å². The van der Waals surface area contributed by atoms with Crippen LogP contribution in [0.15, 0.2) is 12.2 Å². The van der Waals surface area contributed by atoms with Crippen LogP contribution in [0.1, 0.15) is 13.8 Å². The molecule has 0 aromatic rings. The highest BCUT2D eigenvalue weighted by Gasteiger charge is 2.09. The monoisotopic (exact) mass is 187 g/mol. The molecule has 0 aromatic carbocycles. The lowest BCUT2D eigenvalue weighted by atomic mass is 10.1. The number of carbonyl (C=O) groups is 1. The first kappa shape index (κ1) is 12.1. The van der Waals surface area contributed by atoms with Gasteiger partial charge >= 0.3 is 5.97 Å². The van der Waals surface area contributed by atoms with Crippen molar-refractivity contribution in [2.45, 2.75) is 19.9 Å². The van der Waals surface area contributed by atoms with Crippen molar-refractivity contribution >= 4 is 5.97 Å². The van der Waals surface area contributed by atoms with Crippen LogP contribution >= 0.6 is 0 Å². The second-order valence-corrected chi connectivity index (χ2v) is 3.18. The summed E-state index contributed by atoms with van der Waals surface area (Å²) in [5.41, 5.74) is 0. The van der Waals surface area contributed by atoms with Gasteiger partial charge in [0.15, 0.2) is 0 Å². The van der Waals surface area contributed by atoms with Crippen molar-refractivity contribution in [2.75, 3.05) is 13.2 Å². The summed E-state index contributed by atoms with van der Waals surface area (Å²) in [6.45, 7) is 4.53. The molecule has 0 heterocycles. The third-order valence-corrected chi connectivity index (χ3v) is 1.76. The maximum absolute atomic E-state index is 10.1. The predicted molar refractivity (Wildman–Crippen MR) is 50.5 cm³/mol. The van der Waals surface area contributed by atoms with Gasteiger partial charge in [-0.05, 0) is 5.92 Å². The van der Waals surface area contributed by atoms with Gasteiger partial charge in [0.1, 0.15) is 0 Å². The average Bonchev–Trinajstić information content (AvgIpc) is 2.03. The lowest BCUT2D eigenvalue weighted by molar-refractivity contribution is -0.131. The number of rotatable bonds is 6. The molecule has 0 aliphatic carbocycles. The zero-order valence-electron chi connectivity index (χ0n) is 8.03. The normalized spacial score (nSPS) is 13.8. The van der Waals surface area contributed by atoms with Gasteiger partial charge in [-0.25, -0.2) is 4.79 Å². The first-order chi connectivity index (χ1) is 6.07. The maximum Gasteiger partial charge on any atom is 0.328 e. The van der Waals surface area contributed by atoms with Crippen molar-refractivity contribution in [3.63, 3.8) is 0 Å². The largest absolute Gasteiger partial charge is 0.478 e. The highest BCUT2D eigenvalue weighted by molar-refractivity contribution is 5.79. The van der Waals surface area contributed by atoms with Gasteiger partial charge in [0.05, 0.1) is 6.61 Å². The van der Waals surface area contributed by atoms with Gasteiger partial charge in [-0.3, -0.25) is 0 Å². The predicted octanol–water partition coefficient (Wildman–Crippen LogP) is 0.234. The molecule has 0 saturated carbocycles. The second kappa shape index (κ2) is 6.62. The molecular formula is C9H17NO3. The van der Waals surface area contributed by atoms with Gasteiger partial charge in [0, 0.05) is 18.7 Å². The van der Waals surface area contributed by atoms with Crippen LogP contribution in [0.3, 0.4) is 0 Å². The van der Waals surface area contributed by atoms with Gasteiger partial charge in [-0.15, -0.1) is 0 Å². The highest BCUT2D eigenvalue weighted by Crippen LogP contribution is 1.99. The van der Waals surface area contributed by atoms with Gasteiger partial charge in [0.2, 0.25) is 0 Å². The third-order valence-electron chi connectivity index (χ3n) is 1.76. The lowest BCUT2D eigenvalue weighted by Crippen LogP contribution is -2.37. The Bertz CT molecular complexity index is 178. The number of aliphatic carboxylic acids is 1. The standard InChI is InChI=1S/C9H17NO3/c1-7(2)8(6-11)10-5-3-4-9(12)13/h3-4,7-8,10-11H,5-6H2,1-2H3,(H,12,13)/b4-3+. The van der Waals surface area contributed by atoms with E-state index in [9.17, 15) is 4.79 Å². The van der Waals surface area contributed by atoms with Crippen molar-refractivity contribution in [3.05, 3.63) is 12.2 Å². The first-order valence-electron chi connectivity index (χ1n) is 4.31. The van der Waals surface area contributed by atoms with E-state index in [1.165, 1.54) is 6.08 Å². The number of aliphatic hydroxyl groups excluding tert-OH is 1. The second-order valence-electron chi connectivity index (χ2n) is 3.18. The van der Waals surface area contributed by atoms with E-state index >= 15 is 0 Å². The molecule has 0 bridgehead atoms. The SMILES string of the molecule is CC(C)C(CO)NC/C=C/C(=O)O. The molecule has 0 aliphatic rings. The number of carboxylic acids is 1. The summed E-state index contributed by atoms with van der Waals surface area (Å²) in [6, 6.07) is 0.0263. The Balaban J connectivity index is 3.67. The van der Waals surface area contributed by atoms with Crippen molar-refractivity contribution < 1.29 is 15.0 Å². The Kier molecular flexibility index (Phi) is 6.18. The molecule has 0 aromatic heterocycles. The lowest BCUT2D eigenvalue weighted by Gasteiger charge is -2.18. The van der Waals surface area contributed by atoms with Crippen LogP contribution in [-0.2, 0) is 4.79 Å². The summed E-state index contributed by atoms with van der Waals surface area (Å²) in [5.74, 6) is -0.616. The molecule has 0 aliphatic heterocycles. The zero-order valence-corrected chi connectivity index (χ0v) is 8.03.